The molecule has 2 heterocycles. The van der Waals surface area contributed by atoms with E-state index in [1.54, 1.807) is 4.90 Å². The Morgan fingerprint density at radius 3 is 2.76 bits per heavy atom. The number of nitrogens with two attached hydrogens (primary N) is 1. The smallest absolute Gasteiger partial charge is 0.322 e. The summed E-state index contributed by atoms with van der Waals surface area (Å²) in [6.07, 6.45) is 3.74. The fourth-order valence-corrected chi connectivity index (χ4v) is 3.11. The first-order chi connectivity index (χ1) is 10.0. The number of nitrogens with one attached hydrogen (secondary N) is 2. The monoisotopic (exact) mass is 296 g/mol. The Balaban J connectivity index is 1.85. The minimum absolute atomic E-state index is 0.0521. The maximum absolute atomic E-state index is 12.2. The quantitative estimate of drug-likeness (QED) is 0.598. The van der Waals surface area contributed by atoms with Gasteiger partial charge in [0.2, 0.25) is 5.91 Å². The zero-order chi connectivity index (χ0) is 15.5. The number of likely N-dealkylation sites (tertiary alicyclic amines) is 1. The summed E-state index contributed by atoms with van der Waals surface area (Å²) >= 11 is 0. The molecule has 1 spiro atoms. The van der Waals surface area contributed by atoms with E-state index in [-0.39, 0.29) is 18.4 Å². The minimum Gasteiger partial charge on any atom is -0.340 e. The van der Waals surface area contributed by atoms with Crippen LogP contribution < -0.4 is 16.4 Å². The van der Waals surface area contributed by atoms with Crippen molar-refractivity contribution in [1.82, 2.24) is 15.5 Å². The predicted molar refractivity (Wildman–Crippen MR) is 77.3 cm³/mol. The summed E-state index contributed by atoms with van der Waals surface area (Å²) in [7, 11) is 0. The van der Waals surface area contributed by atoms with Gasteiger partial charge in [0, 0.05) is 13.0 Å². The van der Waals surface area contributed by atoms with E-state index in [9.17, 15) is 14.4 Å². The van der Waals surface area contributed by atoms with E-state index in [1.165, 1.54) is 0 Å². The lowest BCUT2D eigenvalue weighted by Crippen LogP contribution is -2.49. The number of carbonyl (C=O) groups is 3. The Bertz CT molecular complexity index is 440. The molecule has 4 N–H and O–H groups in total. The molecule has 2 saturated heterocycles. The molecule has 7 heteroatoms. The molecular formula is C14H24N4O3. The van der Waals surface area contributed by atoms with Gasteiger partial charge in [0.1, 0.15) is 5.54 Å². The molecule has 2 rings (SSSR count). The molecule has 0 radical (unpaired) electrons. The molecular weight excluding hydrogens is 272 g/mol. The third kappa shape index (κ3) is 3.34. The van der Waals surface area contributed by atoms with Crippen LogP contribution in [0.25, 0.3) is 0 Å². The van der Waals surface area contributed by atoms with Crippen molar-refractivity contribution in [3.63, 3.8) is 0 Å². The third-order valence-corrected chi connectivity index (χ3v) is 4.56. The first-order valence-electron chi connectivity index (χ1n) is 7.62. The summed E-state index contributed by atoms with van der Waals surface area (Å²) in [5, 5.41) is 4.89. The number of urea groups is 1. The summed E-state index contributed by atoms with van der Waals surface area (Å²) in [5.74, 6) is 0.207. The molecule has 0 bridgehead atoms. The standard InChI is InChI=1S/C14H24N4O3/c1-2-10(5-7-15)3-4-11(19)18-8-6-14(9-18)12(20)16-13(21)17-14/h10H,2-9,15H2,1H3,(H2,16,17,20,21). The molecule has 0 saturated carbocycles. The second-order valence-electron chi connectivity index (χ2n) is 5.95. The SMILES string of the molecule is CCC(CCN)CCC(=O)N1CCC2(C1)NC(=O)NC2=O. The summed E-state index contributed by atoms with van der Waals surface area (Å²) in [6.45, 7) is 3.54. The number of nitrogens with zero attached hydrogens (tertiary/aromatic N) is 1. The fourth-order valence-electron chi connectivity index (χ4n) is 3.11. The van der Waals surface area contributed by atoms with Crippen molar-refractivity contribution in [3.05, 3.63) is 0 Å². The molecule has 2 atom stereocenters. The van der Waals surface area contributed by atoms with E-state index in [4.69, 9.17) is 5.73 Å². The zero-order valence-electron chi connectivity index (χ0n) is 12.5. The normalized spacial score (nSPS) is 26.1. The Labute approximate surface area is 124 Å². The first-order valence-corrected chi connectivity index (χ1v) is 7.62. The average Bonchev–Trinajstić information content (AvgIpc) is 2.99. The summed E-state index contributed by atoms with van der Waals surface area (Å²) in [5.41, 5.74) is 4.65. The average molecular weight is 296 g/mol. The molecule has 4 amide bonds. The molecule has 2 unspecified atom stereocenters. The summed E-state index contributed by atoms with van der Waals surface area (Å²) in [6, 6.07) is -0.469. The van der Waals surface area contributed by atoms with Crippen LogP contribution in [0.4, 0.5) is 4.79 Å². The van der Waals surface area contributed by atoms with Gasteiger partial charge in [-0.15, -0.1) is 0 Å². The summed E-state index contributed by atoms with van der Waals surface area (Å²) < 4.78 is 0. The lowest BCUT2D eigenvalue weighted by Gasteiger charge is -2.22. The van der Waals surface area contributed by atoms with Gasteiger partial charge in [-0.25, -0.2) is 4.79 Å². The molecule has 0 aromatic rings. The van der Waals surface area contributed by atoms with Gasteiger partial charge in [0.15, 0.2) is 0 Å². The van der Waals surface area contributed by atoms with Crippen LogP contribution in [0.5, 0.6) is 0 Å². The Morgan fingerprint density at radius 1 is 1.43 bits per heavy atom. The van der Waals surface area contributed by atoms with E-state index >= 15 is 0 Å². The molecule has 0 aromatic carbocycles. The largest absolute Gasteiger partial charge is 0.340 e. The maximum Gasteiger partial charge on any atom is 0.322 e. The van der Waals surface area contributed by atoms with Crippen LogP contribution in [0.2, 0.25) is 0 Å². The topological polar surface area (TPSA) is 105 Å². The second kappa shape index (κ2) is 6.43. The molecule has 0 aromatic heterocycles. The molecule has 118 valence electrons. The Hall–Kier alpha value is -1.63. The molecule has 7 nitrogen and oxygen atoms in total. The van der Waals surface area contributed by atoms with Crippen molar-refractivity contribution in [2.75, 3.05) is 19.6 Å². The lowest BCUT2D eigenvalue weighted by molar-refractivity contribution is -0.131. The number of rotatable bonds is 6. The highest BCUT2D eigenvalue weighted by Crippen LogP contribution is 2.26. The van der Waals surface area contributed by atoms with E-state index < -0.39 is 11.6 Å². The van der Waals surface area contributed by atoms with Gasteiger partial charge < -0.3 is 16.0 Å². The highest BCUT2D eigenvalue weighted by molar-refractivity contribution is 6.07. The van der Waals surface area contributed by atoms with Crippen LogP contribution in [0.15, 0.2) is 0 Å². The van der Waals surface area contributed by atoms with Crippen molar-refractivity contribution < 1.29 is 14.4 Å². The summed E-state index contributed by atoms with van der Waals surface area (Å²) in [4.78, 5) is 37.0. The molecule has 0 aliphatic carbocycles. The van der Waals surface area contributed by atoms with Crippen LogP contribution in [0.3, 0.4) is 0 Å². The van der Waals surface area contributed by atoms with Crippen LogP contribution in [0.1, 0.15) is 39.0 Å². The predicted octanol–water partition coefficient (Wildman–Crippen LogP) is -0.0479. The fraction of sp³-hybridized carbons (Fsp3) is 0.786. The number of hydrogen-bond acceptors (Lipinski definition) is 4. The highest BCUT2D eigenvalue weighted by Gasteiger charge is 2.51. The van der Waals surface area contributed by atoms with E-state index in [0.717, 1.165) is 19.3 Å². The van der Waals surface area contributed by atoms with Gasteiger partial charge in [0.05, 0.1) is 6.54 Å². The number of hydrogen-bond donors (Lipinski definition) is 3. The van der Waals surface area contributed by atoms with E-state index in [0.29, 0.717) is 31.8 Å². The van der Waals surface area contributed by atoms with Crippen LogP contribution >= 0.6 is 0 Å². The van der Waals surface area contributed by atoms with Gasteiger partial charge in [-0.2, -0.15) is 0 Å². The zero-order valence-corrected chi connectivity index (χ0v) is 12.5. The number of carbonyl (C=O) groups excluding carboxylic acids is 3. The highest BCUT2D eigenvalue weighted by atomic mass is 16.2. The van der Waals surface area contributed by atoms with Crippen LogP contribution in [-0.4, -0.2) is 47.9 Å². The Kier molecular flexibility index (Phi) is 4.82. The molecule has 2 fully saturated rings. The van der Waals surface area contributed by atoms with Crippen molar-refractivity contribution in [3.8, 4) is 0 Å². The number of imide groups is 1. The van der Waals surface area contributed by atoms with E-state index in [1.807, 2.05) is 0 Å². The Morgan fingerprint density at radius 2 is 2.19 bits per heavy atom. The minimum atomic E-state index is -0.909. The molecule has 2 aliphatic heterocycles. The van der Waals surface area contributed by atoms with Gasteiger partial charge in [0.25, 0.3) is 5.91 Å². The second-order valence-corrected chi connectivity index (χ2v) is 5.95. The van der Waals surface area contributed by atoms with Gasteiger partial charge in [-0.3, -0.25) is 14.9 Å². The van der Waals surface area contributed by atoms with Crippen molar-refractivity contribution >= 4 is 17.8 Å². The molecule has 21 heavy (non-hydrogen) atoms. The first kappa shape index (κ1) is 15.8. The van der Waals surface area contributed by atoms with Crippen molar-refractivity contribution in [1.29, 1.82) is 0 Å². The molecule has 2 aliphatic rings. The van der Waals surface area contributed by atoms with Crippen LogP contribution in [0, 0.1) is 5.92 Å². The van der Waals surface area contributed by atoms with Crippen molar-refractivity contribution in [2.24, 2.45) is 11.7 Å². The van der Waals surface area contributed by atoms with Crippen molar-refractivity contribution in [2.45, 2.75) is 44.6 Å². The van der Waals surface area contributed by atoms with Gasteiger partial charge in [-0.1, -0.05) is 13.3 Å². The number of amides is 4. The third-order valence-electron chi connectivity index (χ3n) is 4.56. The van der Waals surface area contributed by atoms with Gasteiger partial charge in [-0.05, 0) is 31.7 Å². The van der Waals surface area contributed by atoms with Gasteiger partial charge >= 0.3 is 6.03 Å². The van der Waals surface area contributed by atoms with E-state index in [2.05, 4.69) is 17.6 Å². The maximum atomic E-state index is 12.2. The lowest BCUT2D eigenvalue weighted by atomic mass is 9.96. The van der Waals surface area contributed by atoms with Crippen LogP contribution in [-0.2, 0) is 9.59 Å².